The minimum absolute atomic E-state index is 0.287. The van der Waals surface area contributed by atoms with E-state index in [-0.39, 0.29) is 6.61 Å². The average Bonchev–Trinajstić information content (AvgIpc) is 2.97. The molecule has 0 saturated carbocycles. The van der Waals surface area contributed by atoms with E-state index in [1.807, 2.05) is 48.5 Å². The molecule has 0 aromatic heterocycles. The number of hydrogen-bond donors (Lipinski definition) is 0. The Morgan fingerprint density at radius 2 is 1.05 bits per heavy atom. The van der Waals surface area contributed by atoms with Crippen LogP contribution in [0.5, 0.6) is 11.5 Å². The fourth-order valence-electron chi connectivity index (χ4n) is 3.43. The van der Waals surface area contributed by atoms with Crippen LogP contribution in [0.2, 0.25) is 0 Å². The molecule has 0 atom stereocenters. The normalized spacial score (nSPS) is 10.5. The first-order valence-electron chi connectivity index (χ1n) is 12.4. The molecule has 0 heterocycles. The Morgan fingerprint density at radius 1 is 0.605 bits per heavy atom. The lowest BCUT2D eigenvalue weighted by Gasteiger charge is -2.09. The van der Waals surface area contributed by atoms with Gasteiger partial charge in [0.15, 0.2) is 0 Å². The average molecular weight is 513 g/mol. The van der Waals surface area contributed by atoms with Crippen LogP contribution >= 0.6 is 0 Å². The highest BCUT2D eigenvalue weighted by Crippen LogP contribution is 2.27. The van der Waals surface area contributed by atoms with Gasteiger partial charge in [0.1, 0.15) is 11.5 Å². The van der Waals surface area contributed by atoms with Gasteiger partial charge in [0.25, 0.3) is 0 Å². The number of benzene rings is 3. The zero-order valence-corrected chi connectivity index (χ0v) is 21.3. The number of carbonyl (C=O) groups is 2. The maximum Gasteiger partial charge on any atom is 0.330 e. The Morgan fingerprint density at radius 3 is 1.58 bits per heavy atom. The van der Waals surface area contributed by atoms with Gasteiger partial charge in [-0.3, -0.25) is 0 Å². The highest BCUT2D eigenvalue weighted by atomic mass is 16.5. The summed E-state index contributed by atoms with van der Waals surface area (Å²) in [6, 6.07) is 24.3. The van der Waals surface area contributed by atoms with Gasteiger partial charge in [-0.05, 0) is 65.4 Å². The standard InChI is InChI=1S/C32H32O6/c1-3-31(33)37-23-7-5-21-35-29-17-13-27(14-18-29)25-9-11-26(12-10-25)28-15-19-30(20-16-28)36-22-6-8-24-38-32(34)4-2/h3-5,9-21H,1-2,6-8,22-24H2. The van der Waals surface area contributed by atoms with E-state index < -0.39 is 11.9 Å². The molecule has 196 valence electrons. The summed E-state index contributed by atoms with van der Waals surface area (Å²) in [5.74, 6) is 0.704. The Balaban J connectivity index is 1.44. The van der Waals surface area contributed by atoms with E-state index in [1.165, 1.54) is 0 Å². The summed E-state index contributed by atoms with van der Waals surface area (Å²) in [5.41, 5.74) is 4.43. The van der Waals surface area contributed by atoms with Crippen molar-refractivity contribution in [3.8, 4) is 33.8 Å². The van der Waals surface area contributed by atoms with E-state index in [4.69, 9.17) is 18.9 Å². The Hall–Kier alpha value is -4.58. The molecule has 0 aliphatic carbocycles. The Bertz CT molecular complexity index is 1210. The van der Waals surface area contributed by atoms with Gasteiger partial charge in [0.2, 0.25) is 0 Å². The summed E-state index contributed by atoms with van der Waals surface area (Å²) in [6.07, 6.45) is 7.80. The second-order valence-electron chi connectivity index (χ2n) is 8.20. The fraction of sp³-hybridized carbons (Fsp3) is 0.188. The van der Waals surface area contributed by atoms with Crippen LogP contribution in [0, 0.1) is 0 Å². The number of esters is 2. The molecule has 3 aromatic carbocycles. The molecule has 3 aromatic rings. The zero-order valence-electron chi connectivity index (χ0n) is 21.3. The summed E-state index contributed by atoms with van der Waals surface area (Å²) < 4.78 is 21.2. The number of carbonyl (C=O) groups excluding carboxylic acids is 2. The predicted molar refractivity (Wildman–Crippen MR) is 149 cm³/mol. The largest absolute Gasteiger partial charge is 0.494 e. The fourth-order valence-corrected chi connectivity index (χ4v) is 3.43. The van der Waals surface area contributed by atoms with Gasteiger partial charge in [0, 0.05) is 18.6 Å². The third-order valence-electron chi connectivity index (χ3n) is 5.47. The van der Waals surface area contributed by atoms with Gasteiger partial charge in [-0.2, -0.15) is 0 Å². The van der Waals surface area contributed by atoms with Gasteiger partial charge >= 0.3 is 11.9 Å². The van der Waals surface area contributed by atoms with Gasteiger partial charge in [-0.15, -0.1) is 0 Å². The van der Waals surface area contributed by atoms with Crippen LogP contribution in [0.3, 0.4) is 0 Å². The highest BCUT2D eigenvalue weighted by Gasteiger charge is 2.03. The summed E-state index contributed by atoms with van der Waals surface area (Å²) in [7, 11) is 0. The van der Waals surface area contributed by atoms with Gasteiger partial charge < -0.3 is 18.9 Å². The first-order valence-corrected chi connectivity index (χ1v) is 12.4. The minimum Gasteiger partial charge on any atom is -0.494 e. The van der Waals surface area contributed by atoms with Gasteiger partial charge in [-0.1, -0.05) is 61.7 Å². The minimum atomic E-state index is -0.430. The van der Waals surface area contributed by atoms with Crippen LogP contribution in [0.25, 0.3) is 22.3 Å². The molecule has 0 unspecified atom stereocenters. The van der Waals surface area contributed by atoms with Crippen molar-refractivity contribution in [3.05, 3.63) is 110 Å². The number of ether oxygens (including phenoxy) is 4. The molecule has 0 radical (unpaired) electrons. The second-order valence-corrected chi connectivity index (χ2v) is 8.20. The summed E-state index contributed by atoms with van der Waals surface area (Å²) >= 11 is 0. The van der Waals surface area contributed by atoms with Crippen molar-refractivity contribution in [3.63, 3.8) is 0 Å². The number of unbranched alkanes of at least 4 members (excludes halogenated alkanes) is 1. The van der Waals surface area contributed by atoms with Crippen LogP contribution in [-0.2, 0) is 19.1 Å². The van der Waals surface area contributed by atoms with Crippen LogP contribution in [0.4, 0.5) is 0 Å². The third kappa shape index (κ3) is 9.47. The molecule has 0 fully saturated rings. The molecule has 6 heteroatoms. The second kappa shape index (κ2) is 15.5. The van der Waals surface area contributed by atoms with E-state index in [9.17, 15) is 9.59 Å². The molecular weight excluding hydrogens is 480 g/mol. The van der Waals surface area contributed by atoms with Crippen molar-refractivity contribution in [2.24, 2.45) is 0 Å². The molecular formula is C32H32O6. The molecule has 0 aliphatic heterocycles. The highest BCUT2D eigenvalue weighted by molar-refractivity contribution is 5.81. The molecule has 0 amide bonds. The van der Waals surface area contributed by atoms with Crippen molar-refractivity contribution in [1.29, 1.82) is 0 Å². The van der Waals surface area contributed by atoms with Crippen molar-refractivity contribution >= 4 is 11.9 Å². The quantitative estimate of drug-likeness (QED) is 0.0953. The zero-order chi connectivity index (χ0) is 27.0. The van der Waals surface area contributed by atoms with E-state index in [0.717, 1.165) is 58.7 Å². The molecule has 0 aliphatic rings. The molecule has 0 bridgehead atoms. The molecule has 0 spiro atoms. The van der Waals surface area contributed by atoms with Crippen molar-refractivity contribution < 1.29 is 28.5 Å². The smallest absolute Gasteiger partial charge is 0.330 e. The Kier molecular flexibility index (Phi) is 11.4. The first-order chi connectivity index (χ1) is 18.6. The topological polar surface area (TPSA) is 71.1 Å². The summed E-state index contributed by atoms with van der Waals surface area (Å²) in [6.45, 7) is 7.94. The van der Waals surface area contributed by atoms with Crippen molar-refractivity contribution in [1.82, 2.24) is 0 Å². The SMILES string of the molecule is C=CC(=O)OCCC=COc1ccc(-c2ccc(-c3ccc(OCCCCOC(=O)C=C)cc3)cc2)cc1. The maximum absolute atomic E-state index is 11.0. The lowest BCUT2D eigenvalue weighted by Crippen LogP contribution is -2.04. The van der Waals surface area contributed by atoms with Crippen LogP contribution in [-0.4, -0.2) is 31.8 Å². The van der Waals surface area contributed by atoms with Gasteiger partial charge in [0.05, 0.1) is 26.1 Å². The number of rotatable bonds is 15. The van der Waals surface area contributed by atoms with E-state index in [2.05, 4.69) is 37.4 Å². The van der Waals surface area contributed by atoms with E-state index in [0.29, 0.717) is 19.6 Å². The summed E-state index contributed by atoms with van der Waals surface area (Å²) in [5, 5.41) is 0. The van der Waals surface area contributed by atoms with Crippen molar-refractivity contribution in [2.45, 2.75) is 19.3 Å². The van der Waals surface area contributed by atoms with E-state index >= 15 is 0 Å². The van der Waals surface area contributed by atoms with Crippen LogP contribution in [0.1, 0.15) is 19.3 Å². The maximum atomic E-state index is 11.0. The lowest BCUT2D eigenvalue weighted by atomic mass is 10.0. The molecule has 38 heavy (non-hydrogen) atoms. The van der Waals surface area contributed by atoms with Gasteiger partial charge in [-0.25, -0.2) is 9.59 Å². The molecule has 0 saturated heterocycles. The van der Waals surface area contributed by atoms with E-state index in [1.54, 1.807) is 12.3 Å². The van der Waals surface area contributed by atoms with Crippen LogP contribution in [0.15, 0.2) is 110 Å². The van der Waals surface area contributed by atoms with Crippen LogP contribution < -0.4 is 9.47 Å². The molecule has 0 N–H and O–H groups in total. The molecule has 3 rings (SSSR count). The van der Waals surface area contributed by atoms with Crippen molar-refractivity contribution in [2.75, 3.05) is 19.8 Å². The first kappa shape index (κ1) is 28.0. The third-order valence-corrected chi connectivity index (χ3v) is 5.47. The number of hydrogen-bond acceptors (Lipinski definition) is 6. The Labute approximate surface area is 223 Å². The molecule has 6 nitrogen and oxygen atoms in total. The monoisotopic (exact) mass is 512 g/mol. The summed E-state index contributed by atoms with van der Waals surface area (Å²) in [4.78, 5) is 22.0. The predicted octanol–water partition coefficient (Wildman–Crippen LogP) is 6.92. The lowest BCUT2D eigenvalue weighted by molar-refractivity contribution is -0.138.